The lowest BCUT2D eigenvalue weighted by atomic mass is 10.2. The fraction of sp³-hybridized carbons (Fsp3) is 0.400. The van der Waals surface area contributed by atoms with Crippen LogP contribution < -0.4 is 4.90 Å². The molecule has 1 fully saturated rings. The summed E-state index contributed by atoms with van der Waals surface area (Å²) >= 11 is 0. The number of hydrogen-bond donors (Lipinski definition) is 0. The lowest BCUT2D eigenvalue weighted by Gasteiger charge is -2.35. The molecule has 0 bridgehead atoms. The minimum absolute atomic E-state index is 0.190. The number of rotatable bonds is 4. The van der Waals surface area contributed by atoms with Gasteiger partial charge in [0.2, 0.25) is 10.0 Å². The van der Waals surface area contributed by atoms with Gasteiger partial charge in [-0.3, -0.25) is 0 Å². The number of piperazine rings is 1. The minimum Gasteiger partial charge on any atom is -0.366 e. The summed E-state index contributed by atoms with van der Waals surface area (Å²) in [5.41, 5.74) is 4.48. The van der Waals surface area contributed by atoms with Crippen LogP contribution in [-0.4, -0.2) is 53.8 Å². The molecule has 0 aliphatic carbocycles. The maximum Gasteiger partial charge on any atom is 0.248 e. The van der Waals surface area contributed by atoms with Crippen molar-refractivity contribution in [3.8, 4) is 5.69 Å². The van der Waals surface area contributed by atoms with Gasteiger partial charge < -0.3 is 9.42 Å². The van der Waals surface area contributed by atoms with Gasteiger partial charge in [0.05, 0.1) is 22.8 Å². The van der Waals surface area contributed by atoms with Crippen LogP contribution in [0.2, 0.25) is 0 Å². The van der Waals surface area contributed by atoms with Crippen LogP contribution in [0.1, 0.15) is 22.8 Å². The van der Waals surface area contributed by atoms with Gasteiger partial charge in [0, 0.05) is 26.2 Å². The minimum atomic E-state index is -3.61. The molecule has 8 nitrogen and oxygen atoms in total. The van der Waals surface area contributed by atoms with Crippen molar-refractivity contribution in [1.29, 1.82) is 0 Å². The van der Waals surface area contributed by atoms with Crippen LogP contribution in [0.3, 0.4) is 0 Å². The molecule has 29 heavy (non-hydrogen) atoms. The van der Waals surface area contributed by atoms with Crippen LogP contribution >= 0.6 is 0 Å². The fourth-order valence-corrected chi connectivity index (χ4v) is 5.75. The molecule has 1 saturated heterocycles. The van der Waals surface area contributed by atoms with E-state index in [2.05, 4.69) is 17.0 Å². The number of anilines is 1. The lowest BCUT2D eigenvalue weighted by molar-refractivity contribution is 0.378. The van der Waals surface area contributed by atoms with Gasteiger partial charge in [0.1, 0.15) is 10.6 Å². The predicted molar refractivity (Wildman–Crippen MR) is 110 cm³/mol. The monoisotopic (exact) mass is 415 g/mol. The summed E-state index contributed by atoms with van der Waals surface area (Å²) in [7, 11) is -3.61. The molecular weight excluding hydrogens is 390 g/mol. The lowest BCUT2D eigenvalue weighted by Crippen LogP contribution is -2.49. The van der Waals surface area contributed by atoms with E-state index in [1.165, 1.54) is 4.31 Å². The second kappa shape index (κ2) is 7.31. The second-order valence-electron chi connectivity index (χ2n) is 7.31. The molecule has 2 aromatic heterocycles. The van der Waals surface area contributed by atoms with Gasteiger partial charge in [0.15, 0.2) is 5.76 Å². The van der Waals surface area contributed by atoms with Crippen molar-refractivity contribution in [1.82, 2.24) is 19.2 Å². The molecule has 0 amide bonds. The summed E-state index contributed by atoms with van der Waals surface area (Å²) in [5.74, 6) is 0.334. The summed E-state index contributed by atoms with van der Waals surface area (Å²) in [6, 6.07) is 10.0. The van der Waals surface area contributed by atoms with E-state index in [1.54, 1.807) is 13.8 Å². The Balaban J connectivity index is 1.56. The summed E-state index contributed by atoms with van der Waals surface area (Å²) in [6.45, 7) is 9.35. The van der Waals surface area contributed by atoms with Gasteiger partial charge in [-0.2, -0.15) is 9.40 Å². The number of nitrogens with zero attached hydrogens (tertiary/aromatic N) is 5. The van der Waals surface area contributed by atoms with E-state index in [0.717, 1.165) is 22.8 Å². The van der Waals surface area contributed by atoms with Crippen LogP contribution in [0.5, 0.6) is 0 Å². The second-order valence-corrected chi connectivity index (χ2v) is 9.19. The Labute approximate surface area is 170 Å². The highest BCUT2D eigenvalue weighted by molar-refractivity contribution is 7.89. The van der Waals surface area contributed by atoms with Gasteiger partial charge in [-0.25, -0.2) is 13.1 Å². The van der Waals surface area contributed by atoms with Crippen molar-refractivity contribution in [2.45, 2.75) is 32.6 Å². The number of benzene rings is 1. The van der Waals surface area contributed by atoms with Crippen molar-refractivity contribution in [2.24, 2.45) is 0 Å². The summed E-state index contributed by atoms with van der Waals surface area (Å²) in [5, 5.41) is 8.50. The molecule has 0 unspecified atom stereocenters. The average Bonchev–Trinajstić information content (AvgIpc) is 3.21. The summed E-state index contributed by atoms with van der Waals surface area (Å²) < 4.78 is 34.6. The molecule has 0 saturated carbocycles. The zero-order valence-electron chi connectivity index (χ0n) is 17.1. The number of hydrogen-bond acceptors (Lipinski definition) is 6. The zero-order chi connectivity index (χ0) is 20.8. The van der Waals surface area contributed by atoms with Crippen LogP contribution in [0, 0.1) is 27.7 Å². The first kappa shape index (κ1) is 19.7. The highest BCUT2D eigenvalue weighted by Gasteiger charge is 2.34. The maximum absolute atomic E-state index is 13.0. The Hall–Kier alpha value is -2.65. The first-order valence-electron chi connectivity index (χ1n) is 9.60. The number of aromatic nitrogens is 3. The molecule has 3 aromatic rings. The summed E-state index contributed by atoms with van der Waals surface area (Å²) in [6.07, 6.45) is 0. The number of aryl methyl sites for hydroxylation is 3. The first-order valence-corrected chi connectivity index (χ1v) is 11.0. The Morgan fingerprint density at radius 1 is 0.931 bits per heavy atom. The Kier molecular flexibility index (Phi) is 4.95. The van der Waals surface area contributed by atoms with Crippen LogP contribution in [0.4, 0.5) is 5.69 Å². The van der Waals surface area contributed by atoms with Crippen molar-refractivity contribution < 1.29 is 12.9 Å². The molecule has 9 heteroatoms. The molecule has 3 heterocycles. The maximum atomic E-state index is 13.0. The van der Waals surface area contributed by atoms with E-state index in [1.807, 2.05) is 41.9 Å². The topological polar surface area (TPSA) is 84.5 Å². The first-order chi connectivity index (χ1) is 13.8. The van der Waals surface area contributed by atoms with E-state index >= 15 is 0 Å². The Morgan fingerprint density at radius 2 is 1.59 bits per heavy atom. The molecule has 0 radical (unpaired) electrons. The molecular formula is C20H25N5O3S. The standard InChI is InChI=1S/C20H25N5O3S/c1-14-19(16(3)25(21-14)18-8-6-5-7-9-18)23-10-12-24(13-11-23)29(26,27)20-15(2)22-28-17(20)4/h5-9H,10-13H2,1-4H3. The molecule has 1 aliphatic heterocycles. The SMILES string of the molecule is Cc1nn(-c2ccccc2)c(C)c1N1CCN(S(=O)(=O)c2c(C)noc2C)CC1. The molecule has 0 N–H and O–H groups in total. The van der Waals surface area contributed by atoms with Gasteiger partial charge in [-0.1, -0.05) is 23.4 Å². The molecule has 1 aromatic carbocycles. The predicted octanol–water partition coefficient (Wildman–Crippen LogP) is 2.60. The third kappa shape index (κ3) is 3.34. The van der Waals surface area contributed by atoms with Gasteiger partial charge >= 0.3 is 0 Å². The molecule has 0 atom stereocenters. The van der Waals surface area contributed by atoms with E-state index in [0.29, 0.717) is 37.6 Å². The molecule has 1 aliphatic rings. The van der Waals surface area contributed by atoms with Crippen molar-refractivity contribution >= 4 is 15.7 Å². The van der Waals surface area contributed by atoms with E-state index < -0.39 is 10.0 Å². The molecule has 4 rings (SSSR count). The van der Waals surface area contributed by atoms with Crippen LogP contribution in [0.25, 0.3) is 5.69 Å². The van der Waals surface area contributed by atoms with Gasteiger partial charge in [0.25, 0.3) is 0 Å². The normalized spacial score (nSPS) is 15.8. The average molecular weight is 416 g/mol. The number of sulfonamides is 1. The van der Waals surface area contributed by atoms with E-state index in [4.69, 9.17) is 9.62 Å². The fourth-order valence-electron chi connectivity index (χ4n) is 4.04. The summed E-state index contributed by atoms with van der Waals surface area (Å²) in [4.78, 5) is 2.41. The van der Waals surface area contributed by atoms with E-state index in [9.17, 15) is 8.42 Å². The molecule has 154 valence electrons. The van der Waals surface area contributed by atoms with Gasteiger partial charge in [-0.05, 0) is 39.8 Å². The van der Waals surface area contributed by atoms with Crippen molar-refractivity contribution in [3.63, 3.8) is 0 Å². The zero-order valence-corrected chi connectivity index (χ0v) is 17.9. The van der Waals surface area contributed by atoms with Gasteiger partial charge in [-0.15, -0.1) is 0 Å². The Morgan fingerprint density at radius 3 is 2.17 bits per heavy atom. The van der Waals surface area contributed by atoms with Crippen molar-refractivity contribution in [3.05, 3.63) is 53.2 Å². The third-order valence-corrected chi connectivity index (χ3v) is 7.52. The highest BCUT2D eigenvalue weighted by atomic mass is 32.2. The quantitative estimate of drug-likeness (QED) is 0.651. The third-order valence-electron chi connectivity index (χ3n) is 5.37. The number of para-hydroxylation sites is 1. The molecule has 0 spiro atoms. The Bertz CT molecular complexity index is 1110. The highest BCUT2D eigenvalue weighted by Crippen LogP contribution is 2.29. The van der Waals surface area contributed by atoms with E-state index in [-0.39, 0.29) is 4.90 Å². The largest absolute Gasteiger partial charge is 0.366 e. The smallest absolute Gasteiger partial charge is 0.248 e. The van der Waals surface area contributed by atoms with Crippen molar-refractivity contribution in [2.75, 3.05) is 31.1 Å². The van der Waals surface area contributed by atoms with Crippen LogP contribution in [0.15, 0.2) is 39.8 Å². The van der Waals surface area contributed by atoms with Crippen LogP contribution in [-0.2, 0) is 10.0 Å².